The zero-order valence-electron chi connectivity index (χ0n) is 27.5. The summed E-state index contributed by atoms with van der Waals surface area (Å²) in [4.78, 5) is 38.2. The molecule has 0 aliphatic carbocycles. The van der Waals surface area contributed by atoms with E-state index < -0.39 is 0 Å². The van der Waals surface area contributed by atoms with Crippen LogP contribution < -0.4 is 5.32 Å². The summed E-state index contributed by atoms with van der Waals surface area (Å²) >= 11 is 0. The van der Waals surface area contributed by atoms with Crippen molar-refractivity contribution in [1.29, 1.82) is 0 Å². The summed E-state index contributed by atoms with van der Waals surface area (Å²) in [5.74, 6) is 0.968. The van der Waals surface area contributed by atoms with Gasteiger partial charge < -0.3 is 10.2 Å². The Hall–Kier alpha value is -6.50. The smallest absolute Gasteiger partial charge is 0.261 e. The van der Waals surface area contributed by atoms with Crippen molar-refractivity contribution in [3.8, 4) is 22.6 Å². The highest BCUT2D eigenvalue weighted by atomic mass is 16.2. The van der Waals surface area contributed by atoms with Gasteiger partial charge in [-0.2, -0.15) is 10.2 Å². The molecule has 0 saturated carbocycles. The SMILES string of the molecule is Cc1cc(C)n2ncc(C(=O)Nc3ccc(-c4cn(Cc5ccccc5C(=O)N5CCCC5c5nc(-c6ccccc6)n[nH]5)nn4)cc3)c2n1. The van der Waals surface area contributed by atoms with Gasteiger partial charge in [0.25, 0.3) is 11.8 Å². The molecule has 0 spiro atoms. The van der Waals surface area contributed by atoms with E-state index in [2.05, 4.69) is 35.9 Å². The zero-order valence-corrected chi connectivity index (χ0v) is 27.5. The molecule has 8 rings (SSSR count). The first-order valence-electron chi connectivity index (χ1n) is 16.4. The number of aromatic amines is 1. The molecule has 50 heavy (non-hydrogen) atoms. The number of rotatable bonds is 8. The second-order valence-electron chi connectivity index (χ2n) is 12.4. The van der Waals surface area contributed by atoms with Crippen molar-refractivity contribution in [1.82, 2.24) is 49.7 Å². The second-order valence-corrected chi connectivity index (χ2v) is 12.4. The van der Waals surface area contributed by atoms with Gasteiger partial charge in [0, 0.05) is 40.3 Å². The van der Waals surface area contributed by atoms with Crippen molar-refractivity contribution >= 4 is 23.1 Å². The Morgan fingerprint density at radius 1 is 0.920 bits per heavy atom. The van der Waals surface area contributed by atoms with Gasteiger partial charge in [-0.25, -0.2) is 19.2 Å². The fourth-order valence-electron chi connectivity index (χ4n) is 6.49. The molecule has 3 aromatic carbocycles. The number of hydrogen-bond acceptors (Lipinski definition) is 8. The third kappa shape index (κ3) is 5.89. The van der Waals surface area contributed by atoms with Crippen LogP contribution in [0.5, 0.6) is 0 Å². The van der Waals surface area contributed by atoms with Crippen LogP contribution in [0.4, 0.5) is 5.69 Å². The lowest BCUT2D eigenvalue weighted by atomic mass is 10.1. The molecule has 13 heteroatoms. The Bertz CT molecular complexity index is 2340. The summed E-state index contributed by atoms with van der Waals surface area (Å²) in [5, 5.41) is 23.5. The molecule has 1 atom stereocenters. The molecular weight excluding hydrogens is 630 g/mol. The van der Waals surface area contributed by atoms with Gasteiger partial charge in [-0.05, 0) is 56.5 Å². The van der Waals surface area contributed by atoms with E-state index in [1.54, 1.807) is 9.20 Å². The number of aromatic nitrogens is 9. The topological polar surface area (TPSA) is 152 Å². The molecule has 2 amide bonds. The first-order chi connectivity index (χ1) is 24.4. The number of nitrogens with zero attached hydrogens (tertiary/aromatic N) is 9. The fourth-order valence-corrected chi connectivity index (χ4v) is 6.49. The predicted molar refractivity (Wildman–Crippen MR) is 186 cm³/mol. The van der Waals surface area contributed by atoms with Gasteiger partial charge in [0.05, 0.1) is 25.0 Å². The quantitative estimate of drug-likeness (QED) is 0.211. The van der Waals surface area contributed by atoms with Gasteiger partial charge in [-0.3, -0.25) is 14.7 Å². The molecule has 1 unspecified atom stereocenters. The molecule has 1 aliphatic heterocycles. The predicted octanol–water partition coefficient (Wildman–Crippen LogP) is 5.67. The van der Waals surface area contributed by atoms with E-state index >= 15 is 0 Å². The molecule has 7 aromatic rings. The van der Waals surface area contributed by atoms with Gasteiger partial charge in [0.2, 0.25) is 0 Å². The highest BCUT2D eigenvalue weighted by molar-refractivity contribution is 6.08. The molecule has 13 nitrogen and oxygen atoms in total. The van der Waals surface area contributed by atoms with Crippen LogP contribution >= 0.6 is 0 Å². The van der Waals surface area contributed by atoms with Gasteiger partial charge in [-0.15, -0.1) is 5.10 Å². The Labute approximate surface area is 287 Å². The Morgan fingerprint density at radius 2 is 1.72 bits per heavy atom. The standard InChI is InChI=1S/C37H33N11O2/c1-23-19-24(2)48-35(39-23)30(20-38-48)36(49)40-28-16-14-25(15-17-28)31-22-46(45-42-31)21-27-11-6-7-12-29(27)37(50)47-18-8-13-32(47)34-41-33(43-44-34)26-9-4-3-5-10-26/h3-7,9-12,14-17,19-20,22,32H,8,13,18,21H2,1-2H3,(H,40,49)(H,41,43,44). The van der Waals surface area contributed by atoms with E-state index in [1.807, 2.05) is 110 Å². The molecule has 1 aliphatic rings. The van der Waals surface area contributed by atoms with Crippen LogP contribution in [0.3, 0.4) is 0 Å². The molecule has 5 heterocycles. The highest BCUT2D eigenvalue weighted by Gasteiger charge is 2.34. The maximum absolute atomic E-state index is 14.0. The van der Waals surface area contributed by atoms with E-state index in [4.69, 9.17) is 4.98 Å². The second kappa shape index (κ2) is 12.8. The third-order valence-corrected chi connectivity index (χ3v) is 8.94. The average molecular weight is 664 g/mol. The zero-order chi connectivity index (χ0) is 34.2. The number of fused-ring (bicyclic) bond motifs is 1. The fraction of sp³-hybridized carbons (Fsp3) is 0.189. The van der Waals surface area contributed by atoms with E-state index in [9.17, 15) is 9.59 Å². The Morgan fingerprint density at radius 3 is 2.56 bits per heavy atom. The van der Waals surface area contributed by atoms with Gasteiger partial charge >= 0.3 is 0 Å². The Kier molecular flexibility index (Phi) is 7.91. The van der Waals surface area contributed by atoms with Crippen molar-refractivity contribution in [2.75, 3.05) is 11.9 Å². The molecule has 1 fully saturated rings. The lowest BCUT2D eigenvalue weighted by molar-refractivity contribution is 0.0728. The van der Waals surface area contributed by atoms with Crippen molar-refractivity contribution in [2.45, 2.75) is 39.3 Å². The number of amides is 2. The highest BCUT2D eigenvalue weighted by Crippen LogP contribution is 2.33. The number of anilines is 1. The summed E-state index contributed by atoms with van der Waals surface area (Å²) in [6.45, 7) is 4.82. The van der Waals surface area contributed by atoms with E-state index in [-0.39, 0.29) is 17.9 Å². The summed E-state index contributed by atoms with van der Waals surface area (Å²) < 4.78 is 3.38. The number of benzene rings is 3. The number of carbonyl (C=O) groups is 2. The monoisotopic (exact) mass is 663 g/mol. The molecule has 4 aromatic heterocycles. The van der Waals surface area contributed by atoms with Crippen LogP contribution in [0, 0.1) is 13.8 Å². The minimum absolute atomic E-state index is 0.0519. The van der Waals surface area contributed by atoms with Crippen LogP contribution in [-0.4, -0.2) is 68.0 Å². The molecular formula is C37H33N11O2. The number of carbonyl (C=O) groups excluding carboxylic acids is 2. The van der Waals surface area contributed by atoms with E-state index in [0.717, 1.165) is 40.9 Å². The van der Waals surface area contributed by atoms with Gasteiger partial charge in [0.15, 0.2) is 11.5 Å². The third-order valence-electron chi connectivity index (χ3n) is 8.94. The lowest BCUT2D eigenvalue weighted by Crippen LogP contribution is -2.32. The maximum Gasteiger partial charge on any atom is 0.261 e. The Balaban J connectivity index is 0.953. The summed E-state index contributed by atoms with van der Waals surface area (Å²) in [6.07, 6.45) is 5.07. The molecule has 0 bridgehead atoms. The van der Waals surface area contributed by atoms with Crippen LogP contribution in [0.25, 0.3) is 28.3 Å². The lowest BCUT2D eigenvalue weighted by Gasteiger charge is -2.24. The normalized spacial score (nSPS) is 14.4. The van der Waals surface area contributed by atoms with Crippen LogP contribution in [0.1, 0.15) is 62.4 Å². The van der Waals surface area contributed by atoms with Gasteiger partial charge in [0.1, 0.15) is 17.1 Å². The first kappa shape index (κ1) is 30.8. The number of hydrogen-bond donors (Lipinski definition) is 2. The van der Waals surface area contributed by atoms with Crippen molar-refractivity contribution < 1.29 is 9.59 Å². The van der Waals surface area contributed by atoms with Crippen molar-refractivity contribution in [3.63, 3.8) is 0 Å². The molecule has 0 radical (unpaired) electrons. The van der Waals surface area contributed by atoms with Crippen LogP contribution in [-0.2, 0) is 6.54 Å². The maximum atomic E-state index is 14.0. The summed E-state index contributed by atoms with van der Waals surface area (Å²) in [6, 6.07) is 26.5. The first-order valence-corrected chi connectivity index (χ1v) is 16.4. The molecule has 248 valence electrons. The minimum Gasteiger partial charge on any atom is -0.328 e. The van der Waals surface area contributed by atoms with E-state index in [0.29, 0.717) is 52.9 Å². The minimum atomic E-state index is -0.289. The largest absolute Gasteiger partial charge is 0.328 e. The van der Waals surface area contributed by atoms with Crippen molar-refractivity contribution in [3.05, 3.63) is 131 Å². The van der Waals surface area contributed by atoms with Crippen molar-refractivity contribution in [2.24, 2.45) is 0 Å². The number of aryl methyl sites for hydroxylation is 2. The average Bonchev–Trinajstić information content (AvgIpc) is 3.96. The summed E-state index contributed by atoms with van der Waals surface area (Å²) in [5.41, 5.74) is 7.16. The summed E-state index contributed by atoms with van der Waals surface area (Å²) in [7, 11) is 0. The van der Waals surface area contributed by atoms with Gasteiger partial charge in [-0.1, -0.05) is 65.9 Å². The number of likely N-dealkylation sites (tertiary alicyclic amines) is 1. The van der Waals surface area contributed by atoms with Crippen LogP contribution in [0.2, 0.25) is 0 Å². The number of H-pyrrole nitrogens is 1. The number of nitrogens with one attached hydrogen (secondary N) is 2. The van der Waals surface area contributed by atoms with E-state index in [1.165, 1.54) is 6.20 Å². The molecule has 2 N–H and O–H groups in total. The van der Waals surface area contributed by atoms with Crippen LogP contribution in [0.15, 0.2) is 97.3 Å². The molecule has 1 saturated heterocycles.